The Hall–Kier alpha value is -4.28. The first-order valence-corrected chi connectivity index (χ1v) is 13.1. The predicted molar refractivity (Wildman–Crippen MR) is 150 cm³/mol. The number of carbonyl (C=O) groups excluding carboxylic acids is 3. The predicted octanol–water partition coefficient (Wildman–Crippen LogP) is 2.73. The number of aryl methyl sites for hydroxylation is 1. The molecule has 11 heteroatoms. The second kappa shape index (κ2) is 14.2. The van der Waals surface area contributed by atoms with Crippen LogP contribution < -0.4 is 35.6 Å². The Morgan fingerprint density at radius 1 is 0.950 bits per heavy atom. The van der Waals surface area contributed by atoms with Gasteiger partial charge in [0.1, 0.15) is 0 Å². The van der Waals surface area contributed by atoms with Crippen LogP contribution in [-0.2, 0) is 25.5 Å². The maximum Gasteiger partial charge on any atom is 0.307 e. The third-order valence-electron chi connectivity index (χ3n) is 6.69. The second-order valence-electron chi connectivity index (χ2n) is 9.30. The summed E-state index contributed by atoms with van der Waals surface area (Å²) in [5.74, 6) is 0.659. The van der Waals surface area contributed by atoms with E-state index in [0.717, 1.165) is 16.7 Å². The Bertz CT molecular complexity index is 1310. The quantitative estimate of drug-likeness (QED) is 0.266. The summed E-state index contributed by atoms with van der Waals surface area (Å²) in [6.45, 7) is 2.04. The molecule has 1 atom stereocenters. The molecule has 11 nitrogen and oxygen atoms in total. The Labute approximate surface area is 233 Å². The van der Waals surface area contributed by atoms with Gasteiger partial charge >= 0.3 is 5.97 Å². The van der Waals surface area contributed by atoms with E-state index in [9.17, 15) is 19.2 Å². The average Bonchev–Trinajstić information content (AvgIpc) is 3.18. The zero-order chi connectivity index (χ0) is 29.2. The highest BCUT2D eigenvalue weighted by Crippen LogP contribution is 2.50. The molecule has 3 N–H and O–H groups in total. The number of methoxy groups -OCH3 is 4. The van der Waals surface area contributed by atoms with Crippen LogP contribution in [0.1, 0.15) is 49.8 Å². The molecule has 0 saturated heterocycles. The highest BCUT2D eigenvalue weighted by molar-refractivity contribution is 5.84. The van der Waals surface area contributed by atoms with E-state index in [-0.39, 0.29) is 42.6 Å². The molecule has 2 aromatic carbocycles. The fourth-order valence-electron chi connectivity index (χ4n) is 4.82. The molecule has 0 radical (unpaired) electrons. The number of amides is 2. The van der Waals surface area contributed by atoms with E-state index >= 15 is 0 Å². The summed E-state index contributed by atoms with van der Waals surface area (Å²) < 4.78 is 21.5. The first kappa shape index (κ1) is 30.3. The number of esters is 1. The molecule has 0 saturated carbocycles. The van der Waals surface area contributed by atoms with Crippen LogP contribution in [0.5, 0.6) is 17.2 Å². The Morgan fingerprint density at radius 3 is 2.35 bits per heavy atom. The summed E-state index contributed by atoms with van der Waals surface area (Å²) >= 11 is 0. The molecule has 0 bridgehead atoms. The Kier molecular flexibility index (Phi) is 10.7. The van der Waals surface area contributed by atoms with Crippen molar-refractivity contribution in [2.75, 3.05) is 46.8 Å². The van der Waals surface area contributed by atoms with Crippen molar-refractivity contribution in [2.45, 2.75) is 45.1 Å². The summed E-state index contributed by atoms with van der Waals surface area (Å²) in [7, 11) is 5.94. The van der Waals surface area contributed by atoms with Crippen LogP contribution in [0.2, 0.25) is 0 Å². The van der Waals surface area contributed by atoms with E-state index < -0.39 is 6.04 Å². The van der Waals surface area contributed by atoms with Crippen LogP contribution in [0, 0.1) is 0 Å². The topological polar surface area (TPSA) is 141 Å². The van der Waals surface area contributed by atoms with Gasteiger partial charge in [-0.3, -0.25) is 19.2 Å². The highest BCUT2D eigenvalue weighted by atomic mass is 16.5. The lowest BCUT2D eigenvalue weighted by atomic mass is 9.95. The number of anilines is 1. The van der Waals surface area contributed by atoms with Gasteiger partial charge in [-0.2, -0.15) is 0 Å². The van der Waals surface area contributed by atoms with Crippen LogP contribution in [0.25, 0.3) is 11.1 Å². The molecule has 0 fully saturated rings. The molecule has 3 rings (SSSR count). The molecule has 1 aliphatic carbocycles. The third kappa shape index (κ3) is 7.22. The third-order valence-corrected chi connectivity index (χ3v) is 6.69. The van der Waals surface area contributed by atoms with Gasteiger partial charge in [-0.05, 0) is 54.2 Å². The van der Waals surface area contributed by atoms with Gasteiger partial charge in [-0.1, -0.05) is 6.07 Å². The van der Waals surface area contributed by atoms with E-state index in [2.05, 4.69) is 20.7 Å². The first-order chi connectivity index (χ1) is 19.2. The molecule has 2 amide bonds. The van der Waals surface area contributed by atoms with Crippen LogP contribution >= 0.6 is 0 Å². The van der Waals surface area contributed by atoms with Crippen LogP contribution in [0.4, 0.5) is 5.69 Å². The van der Waals surface area contributed by atoms with Crippen LogP contribution in [0.15, 0.2) is 29.1 Å². The average molecular weight is 556 g/mol. The molecule has 0 unspecified atom stereocenters. The zero-order valence-corrected chi connectivity index (χ0v) is 23.6. The minimum atomic E-state index is -0.400. The molecule has 1 aliphatic rings. The van der Waals surface area contributed by atoms with Gasteiger partial charge < -0.3 is 34.9 Å². The summed E-state index contributed by atoms with van der Waals surface area (Å²) in [6, 6.07) is 6.59. The molecular formula is C29H37N3O8. The smallest absolute Gasteiger partial charge is 0.307 e. The number of carbonyl (C=O) groups is 3. The van der Waals surface area contributed by atoms with Gasteiger partial charge in [0.15, 0.2) is 11.5 Å². The number of rotatable bonds is 12. The summed E-state index contributed by atoms with van der Waals surface area (Å²) in [6.07, 6.45) is 1.99. The van der Waals surface area contributed by atoms with E-state index in [1.165, 1.54) is 21.1 Å². The maximum absolute atomic E-state index is 13.3. The highest BCUT2D eigenvalue weighted by Gasteiger charge is 2.29. The zero-order valence-electron chi connectivity index (χ0n) is 23.6. The molecule has 216 valence electrons. The maximum atomic E-state index is 13.3. The monoisotopic (exact) mass is 555 g/mol. The van der Waals surface area contributed by atoms with Crippen molar-refractivity contribution in [3.05, 3.63) is 45.6 Å². The van der Waals surface area contributed by atoms with Gasteiger partial charge in [0.25, 0.3) is 0 Å². The van der Waals surface area contributed by atoms with Crippen molar-refractivity contribution >= 4 is 23.5 Å². The van der Waals surface area contributed by atoms with Gasteiger partial charge in [0.2, 0.25) is 23.0 Å². The Balaban J connectivity index is 1.92. The molecule has 40 heavy (non-hydrogen) atoms. The lowest BCUT2D eigenvalue weighted by molar-refractivity contribution is -0.140. The van der Waals surface area contributed by atoms with Crippen molar-refractivity contribution in [1.82, 2.24) is 10.6 Å². The SMILES string of the molecule is COC(=O)CCNC(=O)CCCNc1ccc2c(cc1=O)[C@H](NC(C)=O)CCc1cc(OC)c(OC)c(OC)c1-2. The molecule has 0 heterocycles. The number of ether oxygens (including phenoxy) is 4. The fraction of sp³-hybridized carbons (Fsp3) is 0.448. The van der Waals surface area contributed by atoms with Gasteiger partial charge in [-0.15, -0.1) is 0 Å². The first-order valence-electron chi connectivity index (χ1n) is 13.1. The molecular weight excluding hydrogens is 518 g/mol. The number of hydrogen-bond donors (Lipinski definition) is 3. The van der Waals surface area contributed by atoms with E-state index in [1.807, 2.05) is 12.1 Å². The number of hydrogen-bond acceptors (Lipinski definition) is 9. The molecule has 0 spiro atoms. The standard InChI is InChI=1S/C29H37N3O8/c1-17(33)32-21-10-8-18-15-24(37-2)28(39-4)29(40-5)27(18)19-9-11-22(23(34)16-20(19)21)30-13-6-7-25(35)31-14-12-26(36)38-3/h9,11,15-16,21H,6-8,10,12-14H2,1-5H3,(H,30,34)(H,31,35)(H,32,33)/t21-/m1/s1. The number of fused-ring (bicyclic) bond motifs is 3. The van der Waals surface area contributed by atoms with E-state index in [0.29, 0.717) is 54.3 Å². The lowest BCUT2D eigenvalue weighted by Gasteiger charge is -2.19. The number of nitrogens with one attached hydrogen (secondary N) is 3. The summed E-state index contributed by atoms with van der Waals surface area (Å²) in [5.41, 5.74) is 3.23. The van der Waals surface area contributed by atoms with Crippen LogP contribution in [0.3, 0.4) is 0 Å². The molecule has 2 aromatic rings. The van der Waals surface area contributed by atoms with Crippen molar-refractivity contribution in [1.29, 1.82) is 0 Å². The van der Waals surface area contributed by atoms with Gasteiger partial charge in [0.05, 0.1) is 46.6 Å². The van der Waals surface area contributed by atoms with Gasteiger partial charge in [-0.25, -0.2) is 0 Å². The fourth-order valence-corrected chi connectivity index (χ4v) is 4.82. The van der Waals surface area contributed by atoms with Crippen LogP contribution in [-0.4, -0.2) is 59.3 Å². The van der Waals surface area contributed by atoms with E-state index in [4.69, 9.17) is 14.2 Å². The number of benzene rings is 1. The van der Waals surface area contributed by atoms with Crippen molar-refractivity contribution < 1.29 is 33.3 Å². The minimum absolute atomic E-state index is 0.108. The summed E-state index contributed by atoms with van der Waals surface area (Å²) in [4.78, 5) is 48.6. The van der Waals surface area contributed by atoms with E-state index in [1.54, 1.807) is 26.4 Å². The summed E-state index contributed by atoms with van der Waals surface area (Å²) in [5, 5.41) is 8.78. The minimum Gasteiger partial charge on any atom is -0.493 e. The van der Waals surface area contributed by atoms with Gasteiger partial charge in [0, 0.05) is 32.0 Å². The lowest BCUT2D eigenvalue weighted by Crippen LogP contribution is -2.27. The largest absolute Gasteiger partial charge is 0.493 e. The molecule has 0 aromatic heterocycles. The van der Waals surface area contributed by atoms with Crippen molar-refractivity contribution in [2.24, 2.45) is 0 Å². The second-order valence-corrected chi connectivity index (χ2v) is 9.30. The normalized spacial score (nSPS) is 13.6. The Morgan fingerprint density at radius 2 is 1.70 bits per heavy atom. The van der Waals surface area contributed by atoms with Crippen molar-refractivity contribution in [3.63, 3.8) is 0 Å². The molecule has 0 aliphatic heterocycles. The van der Waals surface area contributed by atoms with Crippen molar-refractivity contribution in [3.8, 4) is 28.4 Å².